The zero-order chi connectivity index (χ0) is 21.1. The number of carbonyl (C=O) groups excluding carboxylic acids is 1. The van der Waals surface area contributed by atoms with Gasteiger partial charge in [-0.25, -0.2) is 4.98 Å². The lowest BCUT2D eigenvalue weighted by Crippen LogP contribution is -2.36. The van der Waals surface area contributed by atoms with Crippen LogP contribution in [0.1, 0.15) is 25.3 Å². The second-order valence-corrected chi connectivity index (χ2v) is 8.29. The molecule has 0 aliphatic carbocycles. The van der Waals surface area contributed by atoms with Crippen molar-refractivity contribution in [3.05, 3.63) is 36.3 Å². The number of rotatable bonds is 6. The van der Waals surface area contributed by atoms with E-state index in [1.54, 1.807) is 12.4 Å². The number of likely N-dealkylation sites (tertiary alicyclic amines) is 1. The summed E-state index contributed by atoms with van der Waals surface area (Å²) < 4.78 is 2.03. The van der Waals surface area contributed by atoms with E-state index in [-0.39, 0.29) is 11.9 Å². The lowest BCUT2D eigenvalue weighted by Gasteiger charge is -2.28. The van der Waals surface area contributed by atoms with Crippen LogP contribution in [0, 0.1) is 0 Å². The van der Waals surface area contributed by atoms with Gasteiger partial charge in [-0.15, -0.1) is 0 Å². The molecule has 160 valence electrons. The van der Waals surface area contributed by atoms with Gasteiger partial charge >= 0.3 is 0 Å². The van der Waals surface area contributed by atoms with Gasteiger partial charge in [-0.2, -0.15) is 10.1 Å². The predicted octanol–water partition coefficient (Wildman–Crippen LogP) is 2.22. The number of hydrogen-bond acceptors (Lipinski definition) is 7. The van der Waals surface area contributed by atoms with E-state index in [1.807, 2.05) is 10.9 Å². The fraction of sp³-hybridized carbons (Fsp3) is 0.500. The van der Waals surface area contributed by atoms with E-state index in [4.69, 9.17) is 11.6 Å². The maximum atomic E-state index is 11.5. The van der Waals surface area contributed by atoms with Crippen LogP contribution < -0.4 is 15.5 Å². The fourth-order valence-electron chi connectivity index (χ4n) is 3.96. The summed E-state index contributed by atoms with van der Waals surface area (Å²) in [7, 11) is 2.15. The van der Waals surface area contributed by atoms with E-state index in [0.29, 0.717) is 29.4 Å². The van der Waals surface area contributed by atoms with Crippen molar-refractivity contribution in [2.45, 2.75) is 31.3 Å². The highest BCUT2D eigenvalue weighted by Crippen LogP contribution is 2.28. The number of nitrogens with zero attached hydrogens (tertiary/aromatic N) is 6. The lowest BCUT2D eigenvalue weighted by atomic mass is 10.1. The highest BCUT2D eigenvalue weighted by atomic mass is 35.5. The Morgan fingerprint density at radius 1 is 1.27 bits per heavy atom. The molecule has 4 heterocycles. The van der Waals surface area contributed by atoms with Crippen LogP contribution in [0.2, 0.25) is 5.02 Å². The fourth-order valence-corrected chi connectivity index (χ4v) is 4.17. The Labute approximate surface area is 181 Å². The van der Waals surface area contributed by atoms with Crippen molar-refractivity contribution in [3.8, 4) is 0 Å². The molecule has 1 atom stereocenters. The van der Waals surface area contributed by atoms with E-state index in [0.717, 1.165) is 44.6 Å². The van der Waals surface area contributed by atoms with E-state index in [1.165, 1.54) is 6.08 Å². The average molecular weight is 431 g/mol. The molecule has 0 aromatic carbocycles. The first kappa shape index (κ1) is 20.6. The Kier molecular flexibility index (Phi) is 6.19. The van der Waals surface area contributed by atoms with Crippen LogP contribution in [0.5, 0.6) is 0 Å². The SMILES string of the molecule is C=CC(=O)N[C@@H]1CCN(c2nc(Nc3cnn(C4CCN(C)CC4)c3)ncc2Cl)C1. The second-order valence-electron chi connectivity index (χ2n) is 7.88. The van der Waals surface area contributed by atoms with Crippen molar-refractivity contribution in [1.29, 1.82) is 0 Å². The summed E-state index contributed by atoms with van der Waals surface area (Å²) >= 11 is 6.36. The molecule has 2 aromatic rings. The smallest absolute Gasteiger partial charge is 0.243 e. The van der Waals surface area contributed by atoms with Gasteiger partial charge in [-0.1, -0.05) is 18.2 Å². The van der Waals surface area contributed by atoms with Crippen molar-refractivity contribution in [2.75, 3.05) is 43.4 Å². The molecule has 2 aliphatic rings. The van der Waals surface area contributed by atoms with Crippen molar-refractivity contribution < 1.29 is 4.79 Å². The zero-order valence-electron chi connectivity index (χ0n) is 17.1. The standard InChI is InChI=1S/C20H27ClN8O/c1-3-18(30)24-14-4-9-28(12-14)19-17(21)11-22-20(26-19)25-15-10-23-29(13-15)16-5-7-27(2)8-6-16/h3,10-11,13-14,16H,1,4-9,12H2,2H3,(H,24,30)(H,22,25,26)/t14-/m1/s1. The summed E-state index contributed by atoms with van der Waals surface area (Å²) in [5.41, 5.74) is 0.847. The Morgan fingerprint density at radius 3 is 2.83 bits per heavy atom. The van der Waals surface area contributed by atoms with Gasteiger partial charge < -0.3 is 20.4 Å². The first-order valence-corrected chi connectivity index (χ1v) is 10.6. The molecule has 0 bridgehead atoms. The van der Waals surface area contributed by atoms with Crippen LogP contribution in [0.3, 0.4) is 0 Å². The minimum atomic E-state index is -0.167. The Bertz CT molecular complexity index is 908. The third kappa shape index (κ3) is 4.73. The maximum absolute atomic E-state index is 11.5. The first-order chi connectivity index (χ1) is 14.5. The van der Waals surface area contributed by atoms with Crippen molar-refractivity contribution in [3.63, 3.8) is 0 Å². The molecule has 1 amide bonds. The van der Waals surface area contributed by atoms with Crippen molar-refractivity contribution in [1.82, 2.24) is 30.0 Å². The third-order valence-electron chi connectivity index (χ3n) is 5.67. The molecule has 2 aliphatic heterocycles. The molecule has 0 spiro atoms. The predicted molar refractivity (Wildman–Crippen MR) is 117 cm³/mol. The molecule has 2 fully saturated rings. The minimum Gasteiger partial charge on any atom is -0.353 e. The van der Waals surface area contributed by atoms with Gasteiger partial charge in [0.1, 0.15) is 5.02 Å². The summed E-state index contributed by atoms with van der Waals surface area (Å²) in [6, 6.07) is 0.469. The Morgan fingerprint density at radius 2 is 2.07 bits per heavy atom. The lowest BCUT2D eigenvalue weighted by molar-refractivity contribution is -0.117. The highest BCUT2D eigenvalue weighted by Gasteiger charge is 2.26. The summed E-state index contributed by atoms with van der Waals surface area (Å²) in [5, 5.41) is 11.2. The molecule has 10 heteroatoms. The van der Waals surface area contributed by atoms with Gasteiger partial charge in [-0.05, 0) is 45.5 Å². The highest BCUT2D eigenvalue weighted by molar-refractivity contribution is 6.32. The number of aromatic nitrogens is 4. The zero-order valence-corrected chi connectivity index (χ0v) is 17.8. The molecule has 2 aromatic heterocycles. The van der Waals surface area contributed by atoms with Crippen LogP contribution in [-0.2, 0) is 4.79 Å². The van der Waals surface area contributed by atoms with Crippen LogP contribution >= 0.6 is 11.6 Å². The molecule has 4 rings (SSSR count). The largest absolute Gasteiger partial charge is 0.353 e. The van der Waals surface area contributed by atoms with Gasteiger partial charge in [0, 0.05) is 25.3 Å². The van der Waals surface area contributed by atoms with Gasteiger partial charge in [0.25, 0.3) is 0 Å². The van der Waals surface area contributed by atoms with Crippen LogP contribution in [0.15, 0.2) is 31.2 Å². The van der Waals surface area contributed by atoms with Crippen molar-refractivity contribution in [2.24, 2.45) is 0 Å². The first-order valence-electron chi connectivity index (χ1n) is 10.2. The van der Waals surface area contributed by atoms with Gasteiger partial charge in [0.2, 0.25) is 11.9 Å². The molecule has 2 saturated heterocycles. The average Bonchev–Trinajstić information content (AvgIpc) is 3.40. The van der Waals surface area contributed by atoms with E-state index in [9.17, 15) is 4.79 Å². The summed E-state index contributed by atoms with van der Waals surface area (Å²) in [6.45, 7) is 7.06. The number of amides is 1. The van der Waals surface area contributed by atoms with Crippen LogP contribution in [-0.4, -0.2) is 69.8 Å². The number of anilines is 3. The van der Waals surface area contributed by atoms with Crippen molar-refractivity contribution >= 4 is 35.0 Å². The van der Waals surface area contributed by atoms with Crippen LogP contribution in [0.25, 0.3) is 0 Å². The van der Waals surface area contributed by atoms with E-state index >= 15 is 0 Å². The summed E-state index contributed by atoms with van der Waals surface area (Å²) in [4.78, 5) is 24.9. The maximum Gasteiger partial charge on any atom is 0.243 e. The Balaban J connectivity index is 1.41. The topological polar surface area (TPSA) is 91.2 Å². The van der Waals surface area contributed by atoms with Crippen LogP contribution in [0.4, 0.5) is 17.5 Å². The number of halogens is 1. The molecule has 9 nitrogen and oxygen atoms in total. The number of nitrogens with one attached hydrogen (secondary N) is 2. The molecular weight excluding hydrogens is 404 g/mol. The summed E-state index contributed by atoms with van der Waals surface area (Å²) in [6.07, 6.45) is 9.70. The summed E-state index contributed by atoms with van der Waals surface area (Å²) in [5.74, 6) is 0.961. The number of hydrogen-bond donors (Lipinski definition) is 2. The molecular formula is C20H27ClN8O. The molecule has 0 radical (unpaired) electrons. The van der Waals surface area contributed by atoms with Gasteiger partial charge in [0.15, 0.2) is 5.82 Å². The minimum absolute atomic E-state index is 0.0470. The Hall–Kier alpha value is -2.65. The number of carbonyl (C=O) groups is 1. The number of piperidine rings is 1. The normalized spacial score (nSPS) is 20.3. The van der Waals surface area contributed by atoms with E-state index < -0.39 is 0 Å². The van der Waals surface area contributed by atoms with Gasteiger partial charge in [0.05, 0.1) is 24.1 Å². The third-order valence-corrected chi connectivity index (χ3v) is 5.93. The quantitative estimate of drug-likeness (QED) is 0.679. The van der Waals surface area contributed by atoms with Gasteiger partial charge in [-0.3, -0.25) is 9.48 Å². The molecule has 0 unspecified atom stereocenters. The molecule has 0 saturated carbocycles. The molecule has 2 N–H and O–H groups in total. The monoisotopic (exact) mass is 430 g/mol. The second kappa shape index (κ2) is 9.01. The van der Waals surface area contributed by atoms with E-state index in [2.05, 4.69) is 49.1 Å². The molecule has 30 heavy (non-hydrogen) atoms.